The molecule has 0 amide bonds. The van der Waals surface area contributed by atoms with Crippen LogP contribution in [-0.4, -0.2) is 40.2 Å². The number of benzene rings is 1. The highest BCUT2D eigenvalue weighted by Gasteiger charge is 2.22. The van der Waals surface area contributed by atoms with Crippen LogP contribution in [0.5, 0.6) is 5.75 Å². The zero-order chi connectivity index (χ0) is 18.5. The SMILES string of the molecule is COC(=O)[C@@H](C)Sc1nnc(-c2cccc(OC)c2)n1Cc1ccco1. The van der Waals surface area contributed by atoms with Crippen LogP contribution in [-0.2, 0) is 16.1 Å². The standard InChI is InChI=1S/C18H19N3O4S/c1-12(17(22)24-3)26-18-20-19-16(13-6-4-7-14(10-13)23-2)21(18)11-15-8-5-9-25-15/h4-10,12H,11H2,1-3H3/t12-/m1/s1. The van der Waals surface area contributed by atoms with Gasteiger partial charge in [-0.3, -0.25) is 9.36 Å². The normalized spacial score (nSPS) is 12.0. The lowest BCUT2D eigenvalue weighted by atomic mass is 10.2. The van der Waals surface area contributed by atoms with Gasteiger partial charge in [-0.25, -0.2) is 0 Å². The van der Waals surface area contributed by atoms with Crippen molar-refractivity contribution in [2.24, 2.45) is 0 Å². The number of hydrogen-bond donors (Lipinski definition) is 0. The highest BCUT2D eigenvalue weighted by Crippen LogP contribution is 2.29. The van der Waals surface area contributed by atoms with Gasteiger partial charge in [0.15, 0.2) is 11.0 Å². The fraction of sp³-hybridized carbons (Fsp3) is 0.278. The Kier molecular flexibility index (Phi) is 5.62. The van der Waals surface area contributed by atoms with Crippen molar-refractivity contribution in [1.29, 1.82) is 0 Å². The second kappa shape index (κ2) is 8.09. The smallest absolute Gasteiger partial charge is 0.318 e. The minimum absolute atomic E-state index is 0.314. The third-order valence-electron chi connectivity index (χ3n) is 3.75. The molecule has 2 heterocycles. The van der Waals surface area contributed by atoms with Crippen molar-refractivity contribution in [1.82, 2.24) is 14.8 Å². The van der Waals surface area contributed by atoms with E-state index in [0.717, 1.165) is 17.1 Å². The molecule has 0 N–H and O–H groups in total. The van der Waals surface area contributed by atoms with E-state index in [1.165, 1.54) is 18.9 Å². The molecule has 26 heavy (non-hydrogen) atoms. The first-order chi connectivity index (χ1) is 12.6. The molecule has 136 valence electrons. The molecular weight excluding hydrogens is 354 g/mol. The Morgan fingerprint density at radius 1 is 1.27 bits per heavy atom. The third kappa shape index (κ3) is 3.91. The number of aromatic nitrogens is 3. The van der Waals surface area contributed by atoms with Crippen molar-refractivity contribution in [3.63, 3.8) is 0 Å². The molecule has 1 aromatic carbocycles. The number of esters is 1. The number of ether oxygens (including phenoxy) is 2. The van der Waals surface area contributed by atoms with Crippen LogP contribution < -0.4 is 4.74 Å². The molecule has 7 nitrogen and oxygen atoms in total. The second-order valence-corrected chi connectivity index (χ2v) is 6.79. The molecule has 0 saturated carbocycles. The highest BCUT2D eigenvalue weighted by atomic mass is 32.2. The first-order valence-corrected chi connectivity index (χ1v) is 8.85. The van der Waals surface area contributed by atoms with Crippen molar-refractivity contribution in [2.75, 3.05) is 14.2 Å². The van der Waals surface area contributed by atoms with E-state index in [-0.39, 0.29) is 5.97 Å². The van der Waals surface area contributed by atoms with E-state index < -0.39 is 5.25 Å². The van der Waals surface area contributed by atoms with Gasteiger partial charge in [0.1, 0.15) is 16.8 Å². The van der Waals surface area contributed by atoms with E-state index in [0.29, 0.717) is 17.5 Å². The third-order valence-corrected chi connectivity index (χ3v) is 4.81. The monoisotopic (exact) mass is 373 g/mol. The second-order valence-electron chi connectivity index (χ2n) is 5.49. The molecule has 1 atom stereocenters. The zero-order valence-electron chi connectivity index (χ0n) is 14.7. The van der Waals surface area contributed by atoms with Crippen molar-refractivity contribution >= 4 is 17.7 Å². The van der Waals surface area contributed by atoms with Crippen LogP contribution in [0.25, 0.3) is 11.4 Å². The maximum Gasteiger partial charge on any atom is 0.318 e. The molecule has 0 bridgehead atoms. The summed E-state index contributed by atoms with van der Waals surface area (Å²) in [5.41, 5.74) is 0.862. The van der Waals surface area contributed by atoms with Gasteiger partial charge in [0.25, 0.3) is 0 Å². The number of nitrogens with zero attached hydrogens (tertiary/aromatic N) is 3. The summed E-state index contributed by atoms with van der Waals surface area (Å²) >= 11 is 1.29. The molecule has 8 heteroatoms. The molecule has 0 saturated heterocycles. The number of carbonyl (C=O) groups is 1. The van der Waals surface area contributed by atoms with Gasteiger partial charge in [0.2, 0.25) is 0 Å². The fourth-order valence-corrected chi connectivity index (χ4v) is 3.30. The van der Waals surface area contributed by atoms with Crippen LogP contribution in [0.15, 0.2) is 52.2 Å². The quantitative estimate of drug-likeness (QED) is 0.464. The molecule has 0 aliphatic heterocycles. The van der Waals surface area contributed by atoms with Gasteiger partial charge in [0.05, 0.1) is 27.0 Å². The molecule has 0 unspecified atom stereocenters. The summed E-state index contributed by atoms with van der Waals surface area (Å²) in [5.74, 6) is 1.85. The molecule has 0 aliphatic carbocycles. The molecule has 0 radical (unpaired) electrons. The van der Waals surface area contributed by atoms with Gasteiger partial charge in [-0.2, -0.15) is 0 Å². The van der Waals surface area contributed by atoms with E-state index in [4.69, 9.17) is 13.9 Å². The van der Waals surface area contributed by atoms with Gasteiger partial charge >= 0.3 is 5.97 Å². The van der Waals surface area contributed by atoms with Crippen LogP contribution in [0.4, 0.5) is 0 Å². The van der Waals surface area contributed by atoms with Crippen LogP contribution >= 0.6 is 11.8 Å². The molecule has 3 aromatic rings. The Balaban J connectivity index is 1.99. The topological polar surface area (TPSA) is 79.4 Å². The van der Waals surface area contributed by atoms with Crippen LogP contribution in [0.1, 0.15) is 12.7 Å². The van der Waals surface area contributed by atoms with Crippen LogP contribution in [0, 0.1) is 0 Å². The predicted octanol–water partition coefficient (Wildman–Crippen LogP) is 3.25. The largest absolute Gasteiger partial charge is 0.497 e. The van der Waals surface area contributed by atoms with E-state index in [1.807, 2.05) is 41.0 Å². The van der Waals surface area contributed by atoms with Gasteiger partial charge < -0.3 is 13.9 Å². The summed E-state index contributed by atoms with van der Waals surface area (Å²) in [6.07, 6.45) is 1.62. The number of carbonyl (C=O) groups excluding carboxylic acids is 1. The minimum Gasteiger partial charge on any atom is -0.497 e. The summed E-state index contributed by atoms with van der Waals surface area (Å²) in [5, 5.41) is 8.80. The molecule has 0 spiro atoms. The Morgan fingerprint density at radius 2 is 2.12 bits per heavy atom. The van der Waals surface area contributed by atoms with E-state index in [9.17, 15) is 4.79 Å². The van der Waals surface area contributed by atoms with Gasteiger partial charge in [0, 0.05) is 5.56 Å². The fourth-order valence-electron chi connectivity index (χ4n) is 2.42. The van der Waals surface area contributed by atoms with E-state index >= 15 is 0 Å². The first kappa shape index (κ1) is 18.1. The maximum atomic E-state index is 11.8. The molecule has 2 aromatic heterocycles. The van der Waals surface area contributed by atoms with Crippen LogP contribution in [0.2, 0.25) is 0 Å². The first-order valence-electron chi connectivity index (χ1n) is 7.97. The summed E-state index contributed by atoms with van der Waals surface area (Å²) < 4.78 is 17.5. The van der Waals surface area contributed by atoms with Crippen molar-refractivity contribution in [3.8, 4) is 17.1 Å². The predicted molar refractivity (Wildman–Crippen MR) is 97.2 cm³/mol. The Bertz CT molecular complexity index is 876. The molecular formula is C18H19N3O4S. The number of furan rings is 1. The summed E-state index contributed by atoms with van der Waals surface area (Å²) in [7, 11) is 2.99. The number of thioether (sulfide) groups is 1. The Morgan fingerprint density at radius 3 is 2.81 bits per heavy atom. The maximum absolute atomic E-state index is 11.8. The lowest BCUT2D eigenvalue weighted by Crippen LogP contribution is -2.16. The summed E-state index contributed by atoms with van der Waals surface area (Å²) in [4.78, 5) is 11.8. The average Bonchev–Trinajstić information content (AvgIpc) is 3.32. The van der Waals surface area contributed by atoms with Gasteiger partial charge in [-0.05, 0) is 31.2 Å². The Labute approximate surface area is 155 Å². The van der Waals surface area contributed by atoms with E-state index in [2.05, 4.69) is 10.2 Å². The lowest BCUT2D eigenvalue weighted by molar-refractivity contribution is -0.139. The minimum atomic E-state index is -0.405. The van der Waals surface area contributed by atoms with Gasteiger partial charge in [-0.1, -0.05) is 23.9 Å². The summed E-state index contributed by atoms with van der Waals surface area (Å²) in [6, 6.07) is 11.3. The molecule has 3 rings (SSSR count). The lowest BCUT2D eigenvalue weighted by Gasteiger charge is -2.12. The zero-order valence-corrected chi connectivity index (χ0v) is 15.5. The highest BCUT2D eigenvalue weighted by molar-refractivity contribution is 8.00. The molecule has 0 aliphatic rings. The Hall–Kier alpha value is -2.74. The average molecular weight is 373 g/mol. The van der Waals surface area contributed by atoms with Crippen molar-refractivity contribution in [2.45, 2.75) is 23.9 Å². The number of hydrogen-bond acceptors (Lipinski definition) is 7. The summed E-state index contributed by atoms with van der Waals surface area (Å²) in [6.45, 7) is 2.22. The van der Waals surface area contributed by atoms with E-state index in [1.54, 1.807) is 20.3 Å². The van der Waals surface area contributed by atoms with Crippen molar-refractivity contribution in [3.05, 3.63) is 48.4 Å². The van der Waals surface area contributed by atoms with Crippen LogP contribution in [0.3, 0.4) is 0 Å². The van der Waals surface area contributed by atoms with Gasteiger partial charge in [-0.15, -0.1) is 10.2 Å². The number of methoxy groups -OCH3 is 2. The number of rotatable bonds is 7. The van der Waals surface area contributed by atoms with Crippen molar-refractivity contribution < 1.29 is 18.7 Å². The molecule has 0 fully saturated rings.